The molecule has 1 aliphatic rings. The molecule has 0 fully saturated rings. The number of esters is 4. The quantitative estimate of drug-likeness (QED) is 0.0668. The molecule has 0 atom stereocenters. The molecule has 0 amide bonds. The van der Waals surface area contributed by atoms with E-state index in [1.165, 1.54) is 53.4 Å². The molecule has 9 heteroatoms. The number of unbranched alkanes of at least 4 members (excludes halogenated alkanes) is 2. The van der Waals surface area contributed by atoms with Gasteiger partial charge >= 0.3 is 23.9 Å². The van der Waals surface area contributed by atoms with Crippen molar-refractivity contribution in [3.05, 3.63) is 72.9 Å². The summed E-state index contributed by atoms with van der Waals surface area (Å²) >= 11 is 0. The minimum atomic E-state index is -0.327. The average molecular weight is 662 g/mol. The summed E-state index contributed by atoms with van der Waals surface area (Å²) in [6.45, 7) is 6.61. The van der Waals surface area contributed by atoms with Crippen LogP contribution in [0.3, 0.4) is 0 Å². The molecule has 0 N–H and O–H groups in total. The zero-order valence-corrected chi connectivity index (χ0v) is 26.8. The predicted octanol–water partition coefficient (Wildman–Crippen LogP) is 6.68. The molecule has 0 bridgehead atoms. The van der Waals surface area contributed by atoms with Crippen LogP contribution < -0.4 is 0 Å². The number of carbonyl (C=O) groups excluding carboxylic acids is 4. The zero-order valence-electron chi connectivity index (χ0n) is 25.0. The summed E-state index contributed by atoms with van der Waals surface area (Å²) in [7, 11) is 0. The van der Waals surface area contributed by atoms with Crippen LogP contribution in [0.4, 0.5) is 0 Å². The van der Waals surface area contributed by atoms with Gasteiger partial charge in [-0.15, -0.1) is 0 Å². The fourth-order valence-electron chi connectivity index (χ4n) is 2.65. The van der Waals surface area contributed by atoms with Crippen LogP contribution in [0.1, 0.15) is 79.1 Å². The molecule has 0 radical (unpaired) electrons. The Morgan fingerprint density at radius 1 is 0.439 bits per heavy atom. The van der Waals surface area contributed by atoms with Gasteiger partial charge in [0.05, 0.1) is 0 Å². The third kappa shape index (κ3) is 47.1. The van der Waals surface area contributed by atoms with E-state index in [1.54, 1.807) is 12.2 Å². The third-order valence-corrected chi connectivity index (χ3v) is 4.53. The van der Waals surface area contributed by atoms with E-state index in [2.05, 4.69) is 45.9 Å². The predicted molar refractivity (Wildman–Crippen MR) is 158 cm³/mol. The normalized spacial score (nSPS) is 13.2. The van der Waals surface area contributed by atoms with Crippen molar-refractivity contribution in [3.63, 3.8) is 0 Å². The van der Waals surface area contributed by atoms with Gasteiger partial charge in [0.2, 0.25) is 0 Å². The van der Waals surface area contributed by atoms with Gasteiger partial charge in [-0.2, -0.15) is 0 Å². The Hall–Kier alpha value is -3.06. The molecule has 0 heterocycles. The summed E-state index contributed by atoms with van der Waals surface area (Å²) in [6.07, 6.45) is 33.1. The molecule has 0 spiro atoms. The van der Waals surface area contributed by atoms with Gasteiger partial charge in [0.25, 0.3) is 0 Å². The Morgan fingerprint density at radius 2 is 0.634 bits per heavy atom. The summed E-state index contributed by atoms with van der Waals surface area (Å²) in [5.41, 5.74) is 0. The van der Waals surface area contributed by atoms with E-state index in [0.29, 0.717) is 13.2 Å². The molecule has 8 nitrogen and oxygen atoms in total. The molecule has 0 saturated carbocycles. The van der Waals surface area contributed by atoms with E-state index in [9.17, 15) is 19.2 Å². The Kier molecular flexibility index (Phi) is 36.2. The minimum absolute atomic E-state index is 0. The molecule has 0 saturated heterocycles. The molecular formula is C32H48O8Ru. The Morgan fingerprint density at radius 3 is 0.854 bits per heavy atom. The first-order valence-electron chi connectivity index (χ1n) is 13.7. The molecule has 0 unspecified atom stereocenters. The maximum Gasteiger partial charge on any atom is 0.302 e. The Balaban J connectivity index is -0.000000580. The number of rotatable bonds is 14. The molecule has 0 aliphatic heterocycles. The molecule has 1 rings (SSSR count). The minimum Gasteiger partial charge on any atom is -0.462 e. The SMILES string of the molecule is C1=CCC/C=C\CC1.CC(=O)OC/C=C/CC/C=C/CC/C=C/COC(C)=O.CC(=O)OC/C=C\COC(C)=O.[Ru]. The second-order valence-electron chi connectivity index (χ2n) is 8.35. The summed E-state index contributed by atoms with van der Waals surface area (Å²) in [6, 6.07) is 0. The van der Waals surface area contributed by atoms with Crippen LogP contribution in [-0.4, -0.2) is 50.3 Å². The van der Waals surface area contributed by atoms with Crippen LogP contribution >= 0.6 is 0 Å². The van der Waals surface area contributed by atoms with E-state index in [1.807, 2.05) is 24.3 Å². The summed E-state index contributed by atoms with van der Waals surface area (Å²) in [5.74, 6) is -1.16. The first kappa shape index (κ1) is 42.4. The van der Waals surface area contributed by atoms with E-state index in [0.717, 1.165) is 25.7 Å². The number of allylic oxidation sites excluding steroid dienone is 8. The van der Waals surface area contributed by atoms with Crippen LogP contribution in [0.15, 0.2) is 72.9 Å². The average Bonchev–Trinajstić information content (AvgIpc) is 2.86. The van der Waals surface area contributed by atoms with E-state index < -0.39 is 0 Å². The largest absolute Gasteiger partial charge is 0.462 e. The molecule has 0 aromatic rings. The van der Waals surface area contributed by atoms with Gasteiger partial charge in [-0.1, -0.05) is 60.8 Å². The van der Waals surface area contributed by atoms with E-state index in [4.69, 9.17) is 9.47 Å². The van der Waals surface area contributed by atoms with Crippen molar-refractivity contribution in [2.75, 3.05) is 26.4 Å². The van der Waals surface area contributed by atoms with E-state index in [-0.39, 0.29) is 56.6 Å². The van der Waals surface area contributed by atoms with Crippen LogP contribution in [-0.2, 0) is 57.6 Å². The van der Waals surface area contributed by atoms with Crippen molar-refractivity contribution < 1.29 is 57.6 Å². The monoisotopic (exact) mass is 662 g/mol. The van der Waals surface area contributed by atoms with Gasteiger partial charge in [0.1, 0.15) is 26.4 Å². The number of ether oxygens (including phenoxy) is 4. The Labute approximate surface area is 259 Å². The van der Waals surface area contributed by atoms with Crippen molar-refractivity contribution in [2.45, 2.75) is 79.1 Å². The van der Waals surface area contributed by atoms with Crippen molar-refractivity contribution in [1.29, 1.82) is 0 Å². The van der Waals surface area contributed by atoms with Gasteiger partial charge in [0.15, 0.2) is 0 Å². The molecule has 232 valence electrons. The van der Waals surface area contributed by atoms with Gasteiger partial charge in [-0.3, -0.25) is 19.2 Å². The van der Waals surface area contributed by atoms with E-state index >= 15 is 0 Å². The number of hydrogen-bond donors (Lipinski definition) is 0. The maximum absolute atomic E-state index is 10.5. The van der Waals surface area contributed by atoms with Gasteiger partial charge in [-0.05, 0) is 63.5 Å². The number of hydrogen-bond acceptors (Lipinski definition) is 8. The van der Waals surface area contributed by atoms with Crippen LogP contribution in [0.25, 0.3) is 0 Å². The smallest absolute Gasteiger partial charge is 0.302 e. The molecule has 0 aromatic heterocycles. The van der Waals surface area contributed by atoms with Gasteiger partial charge in [-0.25, -0.2) is 0 Å². The Bertz CT molecular complexity index is 774. The van der Waals surface area contributed by atoms with Crippen molar-refractivity contribution in [1.82, 2.24) is 0 Å². The first-order chi connectivity index (χ1) is 19.3. The standard InChI is InChI=1S/C16H24O4.C8H12O4.C8H12.Ru/c1-15(17)19-13-11-9-7-5-3-4-6-8-10-12-14-20-16(2)18;1-7(9)11-5-3-4-6-12-8(2)10;1-2-4-6-8-7-5-3-1;/h3-4,9-12H,5-8,13-14H2,1-2H3;3-4H,5-6H2,1-2H3;1-2,7-8H,3-6H2;/b4-3+,11-9+,12-10+;4-3-;2-1-,8-7?;. The van der Waals surface area contributed by atoms with Crippen LogP contribution in [0.5, 0.6) is 0 Å². The van der Waals surface area contributed by atoms with Gasteiger partial charge < -0.3 is 18.9 Å². The zero-order chi connectivity index (χ0) is 30.1. The molecule has 0 aromatic carbocycles. The topological polar surface area (TPSA) is 105 Å². The fourth-order valence-corrected chi connectivity index (χ4v) is 2.65. The van der Waals surface area contributed by atoms with Crippen LogP contribution in [0.2, 0.25) is 0 Å². The second-order valence-corrected chi connectivity index (χ2v) is 8.35. The summed E-state index contributed by atoms with van der Waals surface area (Å²) in [5, 5.41) is 0. The van der Waals surface area contributed by atoms with Crippen molar-refractivity contribution >= 4 is 23.9 Å². The molecule has 41 heavy (non-hydrogen) atoms. The van der Waals surface area contributed by atoms with Gasteiger partial charge in [0, 0.05) is 47.2 Å². The fraction of sp³-hybridized carbons (Fsp3) is 0.500. The summed E-state index contributed by atoms with van der Waals surface area (Å²) in [4.78, 5) is 41.4. The third-order valence-electron chi connectivity index (χ3n) is 4.53. The first-order valence-corrected chi connectivity index (χ1v) is 13.7. The van der Waals surface area contributed by atoms with Crippen molar-refractivity contribution in [3.8, 4) is 0 Å². The van der Waals surface area contributed by atoms with Crippen molar-refractivity contribution in [2.24, 2.45) is 0 Å². The molecular weight excluding hydrogens is 613 g/mol. The number of carbonyl (C=O) groups is 4. The second kappa shape index (κ2) is 35.0. The maximum atomic E-state index is 10.5. The molecule has 1 aliphatic carbocycles. The van der Waals surface area contributed by atoms with Crippen LogP contribution in [0, 0.1) is 0 Å². The summed E-state index contributed by atoms with van der Waals surface area (Å²) < 4.78 is 18.7.